The molecule has 106 valence electrons. The van der Waals surface area contributed by atoms with E-state index in [9.17, 15) is 15.0 Å². The molecule has 3 rings (SSSR count). The van der Waals surface area contributed by atoms with Gasteiger partial charge in [-0.25, -0.2) is 4.79 Å². The fourth-order valence-corrected chi connectivity index (χ4v) is 2.64. The van der Waals surface area contributed by atoms with Crippen molar-refractivity contribution >= 4 is 16.9 Å². The van der Waals surface area contributed by atoms with Gasteiger partial charge in [0.25, 0.3) is 0 Å². The third kappa shape index (κ3) is 1.62. The summed E-state index contributed by atoms with van der Waals surface area (Å²) < 4.78 is 5.70. The van der Waals surface area contributed by atoms with E-state index in [0.717, 1.165) is 0 Å². The molecule has 0 unspecified atom stereocenters. The fourth-order valence-electron chi connectivity index (χ4n) is 2.64. The van der Waals surface area contributed by atoms with Crippen LogP contribution in [0.25, 0.3) is 10.9 Å². The Morgan fingerprint density at radius 1 is 1.35 bits per heavy atom. The smallest absolute Gasteiger partial charge is 0.337 e. The lowest BCUT2D eigenvalue weighted by Crippen LogP contribution is -2.48. The molecule has 6 heteroatoms. The maximum atomic E-state index is 11.1. The van der Waals surface area contributed by atoms with Crippen LogP contribution >= 0.6 is 0 Å². The average molecular weight is 277 g/mol. The Bertz CT molecular complexity index is 703. The van der Waals surface area contributed by atoms with Crippen molar-refractivity contribution in [3.63, 3.8) is 0 Å². The molecule has 2 atom stereocenters. The predicted molar refractivity (Wildman–Crippen MR) is 70.9 cm³/mol. The van der Waals surface area contributed by atoms with Crippen molar-refractivity contribution in [1.82, 2.24) is 4.98 Å². The zero-order chi connectivity index (χ0) is 14.7. The van der Waals surface area contributed by atoms with Crippen LogP contribution in [-0.4, -0.2) is 38.0 Å². The van der Waals surface area contributed by atoms with Crippen molar-refractivity contribution < 1.29 is 24.9 Å². The van der Waals surface area contributed by atoms with E-state index in [-0.39, 0.29) is 5.56 Å². The number of aliphatic hydroxyl groups is 2. The lowest BCUT2D eigenvalue weighted by atomic mass is 9.87. The Morgan fingerprint density at radius 2 is 2.05 bits per heavy atom. The molecular weight excluding hydrogens is 262 g/mol. The average Bonchev–Trinajstić information content (AvgIpc) is 2.79. The number of hydrogen-bond donors (Lipinski definition) is 4. The minimum Gasteiger partial charge on any atom is -0.485 e. The molecule has 0 saturated carbocycles. The summed E-state index contributed by atoms with van der Waals surface area (Å²) >= 11 is 0. The topological polar surface area (TPSA) is 103 Å². The SMILES string of the molecule is CC1(C)Oc2ccc3c(C(=O)O)c[nH]c3c2[C@@H](O)[C@@H]1O. The van der Waals surface area contributed by atoms with Crippen molar-refractivity contribution in [2.45, 2.75) is 31.7 Å². The summed E-state index contributed by atoms with van der Waals surface area (Å²) in [5, 5.41) is 30.0. The van der Waals surface area contributed by atoms with Crippen LogP contribution in [0.3, 0.4) is 0 Å². The van der Waals surface area contributed by atoms with Gasteiger partial charge in [0.2, 0.25) is 0 Å². The highest BCUT2D eigenvalue weighted by Gasteiger charge is 2.43. The second-order valence-electron chi connectivity index (χ2n) is 5.50. The number of aromatic nitrogens is 1. The Hall–Kier alpha value is -2.05. The van der Waals surface area contributed by atoms with Crippen molar-refractivity contribution in [3.8, 4) is 5.75 Å². The Balaban J connectivity index is 2.27. The Kier molecular flexibility index (Phi) is 2.57. The molecule has 20 heavy (non-hydrogen) atoms. The highest BCUT2D eigenvalue weighted by molar-refractivity contribution is 6.04. The van der Waals surface area contributed by atoms with Crippen molar-refractivity contribution in [1.29, 1.82) is 0 Å². The van der Waals surface area contributed by atoms with E-state index in [1.807, 2.05) is 0 Å². The molecule has 2 heterocycles. The minimum absolute atomic E-state index is 0.120. The number of carboxylic acids is 1. The first-order valence-corrected chi connectivity index (χ1v) is 6.25. The van der Waals surface area contributed by atoms with Crippen LogP contribution < -0.4 is 4.74 Å². The first-order valence-electron chi connectivity index (χ1n) is 6.25. The second kappa shape index (κ2) is 3.97. The number of rotatable bonds is 1. The molecule has 2 aromatic rings. The van der Waals surface area contributed by atoms with E-state index in [1.54, 1.807) is 26.0 Å². The molecule has 1 aliphatic heterocycles. The van der Waals surface area contributed by atoms with Crippen LogP contribution in [0, 0.1) is 0 Å². The number of hydrogen-bond acceptors (Lipinski definition) is 4. The monoisotopic (exact) mass is 277 g/mol. The molecular formula is C14H15NO5. The number of aliphatic hydroxyl groups excluding tert-OH is 2. The molecule has 0 amide bonds. The summed E-state index contributed by atoms with van der Waals surface area (Å²) in [4.78, 5) is 14.0. The van der Waals surface area contributed by atoms with Gasteiger partial charge in [0.05, 0.1) is 11.1 Å². The number of nitrogens with one attached hydrogen (secondary N) is 1. The number of carbonyl (C=O) groups is 1. The van der Waals surface area contributed by atoms with Crippen LogP contribution in [0.2, 0.25) is 0 Å². The van der Waals surface area contributed by atoms with Crippen LogP contribution in [0.15, 0.2) is 18.3 Å². The summed E-state index contributed by atoms with van der Waals surface area (Å²) in [5.74, 6) is -0.609. The number of aromatic amines is 1. The van der Waals surface area contributed by atoms with Crippen LogP contribution in [0.5, 0.6) is 5.75 Å². The molecule has 6 nitrogen and oxygen atoms in total. The number of fused-ring (bicyclic) bond motifs is 3. The summed E-state index contributed by atoms with van der Waals surface area (Å²) in [7, 11) is 0. The van der Waals surface area contributed by atoms with E-state index in [0.29, 0.717) is 22.2 Å². The maximum Gasteiger partial charge on any atom is 0.337 e. The van der Waals surface area contributed by atoms with Gasteiger partial charge in [0.1, 0.15) is 23.6 Å². The van der Waals surface area contributed by atoms with Crippen LogP contribution in [0.1, 0.15) is 35.9 Å². The normalized spacial score (nSPS) is 24.2. The largest absolute Gasteiger partial charge is 0.485 e. The highest BCUT2D eigenvalue weighted by Crippen LogP contribution is 2.43. The van der Waals surface area contributed by atoms with E-state index in [1.165, 1.54) is 6.20 Å². The quantitative estimate of drug-likeness (QED) is 0.631. The van der Waals surface area contributed by atoms with E-state index in [2.05, 4.69) is 4.98 Å². The highest BCUT2D eigenvalue weighted by atomic mass is 16.5. The zero-order valence-electron chi connectivity index (χ0n) is 11.0. The third-order valence-corrected chi connectivity index (χ3v) is 3.77. The molecule has 0 saturated heterocycles. The van der Waals surface area contributed by atoms with Gasteiger partial charge >= 0.3 is 5.97 Å². The van der Waals surface area contributed by atoms with Gasteiger partial charge in [0.15, 0.2) is 0 Å². The van der Waals surface area contributed by atoms with E-state index < -0.39 is 23.8 Å². The number of benzene rings is 1. The standard InChI is InChI=1S/C14H15NO5/c1-14(2)12(17)11(16)9-8(20-14)4-3-6-7(13(18)19)5-15-10(6)9/h3-5,11-12,15-17H,1-2H3,(H,18,19)/t11-,12+/m1/s1. The fraction of sp³-hybridized carbons (Fsp3) is 0.357. The molecule has 0 fully saturated rings. The van der Waals surface area contributed by atoms with Gasteiger partial charge in [0, 0.05) is 17.1 Å². The summed E-state index contributed by atoms with van der Waals surface area (Å²) in [6.07, 6.45) is -0.874. The Morgan fingerprint density at radius 3 is 2.70 bits per heavy atom. The number of ether oxygens (including phenoxy) is 1. The molecule has 0 bridgehead atoms. The van der Waals surface area contributed by atoms with Crippen molar-refractivity contribution in [2.24, 2.45) is 0 Å². The first kappa shape index (κ1) is 13.0. The molecule has 1 aromatic carbocycles. The molecule has 0 aliphatic carbocycles. The Labute approximate surface area is 114 Å². The second-order valence-corrected chi connectivity index (χ2v) is 5.50. The van der Waals surface area contributed by atoms with E-state index >= 15 is 0 Å². The maximum absolute atomic E-state index is 11.1. The molecule has 4 N–H and O–H groups in total. The number of aromatic carboxylic acids is 1. The number of H-pyrrole nitrogens is 1. The van der Waals surface area contributed by atoms with Gasteiger partial charge < -0.3 is 25.0 Å². The summed E-state index contributed by atoms with van der Waals surface area (Å²) in [5.41, 5.74) is 0.0700. The van der Waals surface area contributed by atoms with Gasteiger partial charge in [-0.15, -0.1) is 0 Å². The summed E-state index contributed by atoms with van der Waals surface area (Å²) in [6, 6.07) is 3.25. The lowest BCUT2D eigenvalue weighted by Gasteiger charge is -2.40. The van der Waals surface area contributed by atoms with Crippen molar-refractivity contribution in [2.75, 3.05) is 0 Å². The van der Waals surface area contributed by atoms with Gasteiger partial charge in [-0.2, -0.15) is 0 Å². The minimum atomic E-state index is -1.14. The van der Waals surface area contributed by atoms with Crippen LogP contribution in [-0.2, 0) is 0 Å². The molecule has 1 aliphatic rings. The number of carboxylic acid groups (broad SMARTS) is 1. The molecule has 0 radical (unpaired) electrons. The van der Waals surface area contributed by atoms with Crippen LogP contribution in [0.4, 0.5) is 0 Å². The van der Waals surface area contributed by atoms with Gasteiger partial charge in [-0.05, 0) is 26.0 Å². The molecule has 1 aromatic heterocycles. The summed E-state index contributed by atoms with van der Waals surface area (Å²) in [6.45, 7) is 3.37. The predicted octanol–water partition coefficient (Wildman–Crippen LogP) is 1.43. The third-order valence-electron chi connectivity index (χ3n) is 3.77. The first-order chi connectivity index (χ1) is 9.33. The van der Waals surface area contributed by atoms with E-state index in [4.69, 9.17) is 9.84 Å². The van der Waals surface area contributed by atoms with Gasteiger partial charge in [-0.1, -0.05) is 0 Å². The van der Waals surface area contributed by atoms with Crippen molar-refractivity contribution in [3.05, 3.63) is 29.5 Å². The molecule has 0 spiro atoms. The zero-order valence-corrected chi connectivity index (χ0v) is 11.0. The lowest BCUT2D eigenvalue weighted by molar-refractivity contribution is -0.111. The van der Waals surface area contributed by atoms with Gasteiger partial charge in [-0.3, -0.25) is 0 Å².